The fraction of sp³-hybridized carbons (Fsp3) is 0.429. The fourth-order valence-electron chi connectivity index (χ4n) is 1.83. The third-order valence-electron chi connectivity index (χ3n) is 2.74. The summed E-state index contributed by atoms with van der Waals surface area (Å²) in [5.74, 6) is 0.723. The molecule has 0 amide bonds. The Labute approximate surface area is 118 Å². The fourth-order valence-corrected chi connectivity index (χ4v) is 1.83. The van der Waals surface area contributed by atoms with Crippen molar-refractivity contribution < 1.29 is 4.74 Å². The number of nitrogen functional groups attached to an aromatic ring is 1. The second kappa shape index (κ2) is 6.79. The van der Waals surface area contributed by atoms with Gasteiger partial charge in [0.05, 0.1) is 18.0 Å². The zero-order chi connectivity index (χ0) is 14.4. The van der Waals surface area contributed by atoms with E-state index in [1.54, 1.807) is 6.20 Å². The molecular formula is C14H21N5O. The molecule has 0 aliphatic carbocycles. The molecule has 108 valence electrons. The minimum Gasteiger partial charge on any atom is -0.489 e. The smallest absolute Gasteiger partial charge is 0.144 e. The Bertz CT molecular complexity index is 524. The zero-order valence-corrected chi connectivity index (χ0v) is 11.9. The van der Waals surface area contributed by atoms with Gasteiger partial charge in [-0.3, -0.25) is 4.68 Å². The van der Waals surface area contributed by atoms with Crippen LogP contribution < -0.4 is 15.8 Å². The van der Waals surface area contributed by atoms with Gasteiger partial charge in [-0.25, -0.2) is 0 Å². The standard InChI is InChI=1S/C14H21N5O/c1-11(2)20-14-10-12(4-5-13(14)15)16-6-3-8-19-9-7-17-18-19/h4-5,7,9-11,16H,3,6,8,15H2,1-2H3. The summed E-state index contributed by atoms with van der Waals surface area (Å²) in [6.45, 7) is 5.66. The predicted molar refractivity (Wildman–Crippen MR) is 79.7 cm³/mol. The monoisotopic (exact) mass is 275 g/mol. The maximum Gasteiger partial charge on any atom is 0.144 e. The van der Waals surface area contributed by atoms with Crippen molar-refractivity contribution in [1.29, 1.82) is 0 Å². The Morgan fingerprint density at radius 2 is 2.25 bits per heavy atom. The van der Waals surface area contributed by atoms with E-state index in [1.807, 2.05) is 42.9 Å². The Kier molecular flexibility index (Phi) is 4.81. The first kappa shape index (κ1) is 14.2. The summed E-state index contributed by atoms with van der Waals surface area (Å²) in [5, 5.41) is 11.0. The average Bonchev–Trinajstić information content (AvgIpc) is 2.91. The van der Waals surface area contributed by atoms with Crippen LogP contribution in [-0.4, -0.2) is 27.6 Å². The number of hydrogen-bond donors (Lipinski definition) is 2. The van der Waals surface area contributed by atoms with Gasteiger partial charge in [0.2, 0.25) is 0 Å². The molecule has 0 radical (unpaired) electrons. The van der Waals surface area contributed by atoms with Crippen LogP contribution in [0.15, 0.2) is 30.6 Å². The molecule has 2 rings (SSSR count). The average molecular weight is 275 g/mol. The second-order valence-corrected chi connectivity index (χ2v) is 4.87. The molecule has 0 saturated heterocycles. The van der Waals surface area contributed by atoms with Gasteiger partial charge < -0.3 is 15.8 Å². The van der Waals surface area contributed by atoms with Gasteiger partial charge in [-0.05, 0) is 32.4 Å². The number of hydrogen-bond acceptors (Lipinski definition) is 5. The van der Waals surface area contributed by atoms with Crippen molar-refractivity contribution in [1.82, 2.24) is 15.0 Å². The lowest BCUT2D eigenvalue weighted by Gasteiger charge is -2.14. The quantitative estimate of drug-likeness (QED) is 0.598. The topological polar surface area (TPSA) is 78.0 Å². The van der Waals surface area contributed by atoms with E-state index in [2.05, 4.69) is 15.6 Å². The third kappa shape index (κ3) is 4.15. The molecule has 6 heteroatoms. The van der Waals surface area contributed by atoms with Gasteiger partial charge in [0.25, 0.3) is 0 Å². The minimum atomic E-state index is 0.111. The number of aryl methyl sites for hydroxylation is 1. The molecule has 0 bridgehead atoms. The van der Waals surface area contributed by atoms with Crippen molar-refractivity contribution in [2.45, 2.75) is 32.9 Å². The highest BCUT2D eigenvalue weighted by molar-refractivity contribution is 5.61. The Morgan fingerprint density at radius 1 is 1.40 bits per heavy atom. The minimum absolute atomic E-state index is 0.111. The molecule has 20 heavy (non-hydrogen) atoms. The van der Waals surface area contributed by atoms with Gasteiger partial charge in [-0.1, -0.05) is 5.21 Å². The van der Waals surface area contributed by atoms with Crippen molar-refractivity contribution in [3.8, 4) is 5.75 Å². The maximum absolute atomic E-state index is 5.89. The van der Waals surface area contributed by atoms with Crippen LogP contribution in [0.25, 0.3) is 0 Å². The maximum atomic E-state index is 5.89. The normalized spacial score (nSPS) is 10.8. The molecule has 0 fully saturated rings. The first-order valence-electron chi connectivity index (χ1n) is 6.79. The molecule has 0 spiro atoms. The molecule has 1 aromatic carbocycles. The SMILES string of the molecule is CC(C)Oc1cc(NCCCn2ccnn2)ccc1N. The van der Waals surface area contributed by atoms with E-state index in [0.29, 0.717) is 5.69 Å². The summed E-state index contributed by atoms with van der Waals surface area (Å²) in [6, 6.07) is 5.75. The van der Waals surface area contributed by atoms with E-state index >= 15 is 0 Å². The van der Waals surface area contributed by atoms with E-state index in [4.69, 9.17) is 10.5 Å². The number of ether oxygens (including phenoxy) is 1. The van der Waals surface area contributed by atoms with Crippen molar-refractivity contribution in [2.24, 2.45) is 0 Å². The first-order valence-corrected chi connectivity index (χ1v) is 6.79. The second-order valence-electron chi connectivity index (χ2n) is 4.87. The summed E-state index contributed by atoms with van der Waals surface area (Å²) in [4.78, 5) is 0. The van der Waals surface area contributed by atoms with Gasteiger partial charge in [-0.15, -0.1) is 5.10 Å². The molecule has 1 heterocycles. The Balaban J connectivity index is 1.83. The zero-order valence-electron chi connectivity index (χ0n) is 11.9. The molecule has 6 nitrogen and oxygen atoms in total. The number of anilines is 2. The largest absolute Gasteiger partial charge is 0.489 e. The van der Waals surface area contributed by atoms with Crippen LogP contribution in [0.2, 0.25) is 0 Å². The molecule has 0 aliphatic rings. The number of aromatic nitrogens is 3. The number of benzene rings is 1. The number of nitrogens with one attached hydrogen (secondary N) is 1. The van der Waals surface area contributed by atoms with E-state index in [1.165, 1.54) is 0 Å². The highest BCUT2D eigenvalue weighted by Crippen LogP contribution is 2.26. The third-order valence-corrected chi connectivity index (χ3v) is 2.74. The van der Waals surface area contributed by atoms with E-state index in [0.717, 1.165) is 30.9 Å². The van der Waals surface area contributed by atoms with Crippen molar-refractivity contribution in [2.75, 3.05) is 17.6 Å². The lowest BCUT2D eigenvalue weighted by atomic mass is 10.2. The van der Waals surface area contributed by atoms with E-state index in [9.17, 15) is 0 Å². The van der Waals surface area contributed by atoms with Crippen LogP contribution in [0.1, 0.15) is 20.3 Å². The lowest BCUT2D eigenvalue weighted by molar-refractivity contribution is 0.244. The number of rotatable bonds is 7. The number of nitrogens with zero attached hydrogens (tertiary/aromatic N) is 3. The molecule has 0 atom stereocenters. The van der Waals surface area contributed by atoms with Crippen LogP contribution in [-0.2, 0) is 6.54 Å². The summed E-state index contributed by atoms with van der Waals surface area (Å²) >= 11 is 0. The summed E-state index contributed by atoms with van der Waals surface area (Å²) in [7, 11) is 0. The van der Waals surface area contributed by atoms with Gasteiger partial charge in [-0.2, -0.15) is 0 Å². The molecular weight excluding hydrogens is 254 g/mol. The Hall–Kier alpha value is -2.24. The Morgan fingerprint density at radius 3 is 2.95 bits per heavy atom. The van der Waals surface area contributed by atoms with Crippen LogP contribution in [0.5, 0.6) is 5.75 Å². The van der Waals surface area contributed by atoms with Crippen LogP contribution in [0, 0.1) is 0 Å². The summed E-state index contributed by atoms with van der Waals surface area (Å²) < 4.78 is 7.48. The number of nitrogens with two attached hydrogens (primary N) is 1. The summed E-state index contributed by atoms with van der Waals surface area (Å²) in [6.07, 6.45) is 4.62. The highest BCUT2D eigenvalue weighted by atomic mass is 16.5. The molecule has 0 unspecified atom stereocenters. The highest BCUT2D eigenvalue weighted by Gasteiger charge is 2.04. The lowest BCUT2D eigenvalue weighted by Crippen LogP contribution is -2.09. The molecule has 0 saturated carbocycles. The van der Waals surface area contributed by atoms with Crippen LogP contribution in [0.3, 0.4) is 0 Å². The van der Waals surface area contributed by atoms with Crippen molar-refractivity contribution in [3.63, 3.8) is 0 Å². The molecule has 0 aliphatic heterocycles. The van der Waals surface area contributed by atoms with Crippen LogP contribution >= 0.6 is 0 Å². The van der Waals surface area contributed by atoms with E-state index in [-0.39, 0.29) is 6.10 Å². The molecule has 1 aromatic heterocycles. The van der Waals surface area contributed by atoms with Gasteiger partial charge in [0.15, 0.2) is 0 Å². The summed E-state index contributed by atoms with van der Waals surface area (Å²) in [5.41, 5.74) is 7.55. The molecule has 2 aromatic rings. The predicted octanol–water partition coefficient (Wildman–Crippen LogP) is 2.15. The van der Waals surface area contributed by atoms with Gasteiger partial charge >= 0.3 is 0 Å². The molecule has 3 N–H and O–H groups in total. The van der Waals surface area contributed by atoms with E-state index < -0.39 is 0 Å². The van der Waals surface area contributed by atoms with Crippen molar-refractivity contribution >= 4 is 11.4 Å². The van der Waals surface area contributed by atoms with Crippen molar-refractivity contribution in [3.05, 3.63) is 30.6 Å². The van der Waals surface area contributed by atoms with Gasteiger partial charge in [0.1, 0.15) is 5.75 Å². The van der Waals surface area contributed by atoms with Crippen LogP contribution in [0.4, 0.5) is 11.4 Å². The van der Waals surface area contributed by atoms with Gasteiger partial charge in [0, 0.05) is 31.0 Å². The first-order chi connectivity index (χ1) is 9.65.